The Morgan fingerprint density at radius 2 is 1.96 bits per heavy atom. The van der Waals surface area contributed by atoms with Gasteiger partial charge in [-0.15, -0.1) is 0 Å². The molecule has 0 heterocycles. The van der Waals surface area contributed by atoms with E-state index in [4.69, 9.17) is 33.2 Å². The molecule has 25 heavy (non-hydrogen) atoms. The molecule has 7 heteroatoms. The largest absolute Gasteiger partial charge is 0.452 e. The van der Waals surface area contributed by atoms with E-state index in [1.807, 2.05) is 6.07 Å². The first kappa shape index (κ1) is 18.8. The summed E-state index contributed by atoms with van der Waals surface area (Å²) in [5, 5.41) is 12.4. The number of carbonyl (C=O) groups is 2. The van der Waals surface area contributed by atoms with E-state index in [0.29, 0.717) is 26.9 Å². The van der Waals surface area contributed by atoms with Crippen LogP contribution in [0.2, 0.25) is 10.0 Å². The second kappa shape index (κ2) is 8.52. The highest BCUT2D eigenvalue weighted by atomic mass is 35.5. The van der Waals surface area contributed by atoms with E-state index in [2.05, 4.69) is 5.32 Å². The van der Waals surface area contributed by atoms with E-state index >= 15 is 0 Å². The minimum Gasteiger partial charge on any atom is -0.452 e. The normalized spacial score (nSPS) is 11.3. The molecule has 0 aliphatic rings. The Bertz CT molecular complexity index is 846. The number of hydrogen-bond acceptors (Lipinski definition) is 4. The number of amides is 1. The lowest BCUT2D eigenvalue weighted by atomic mass is 10.1. The van der Waals surface area contributed by atoms with Gasteiger partial charge >= 0.3 is 5.97 Å². The highest BCUT2D eigenvalue weighted by Gasteiger charge is 2.19. The van der Waals surface area contributed by atoms with Crippen LogP contribution in [-0.4, -0.2) is 18.0 Å². The van der Waals surface area contributed by atoms with Crippen LogP contribution in [0.5, 0.6) is 0 Å². The lowest BCUT2D eigenvalue weighted by molar-refractivity contribution is -0.152. The monoisotopic (exact) mass is 376 g/mol. The van der Waals surface area contributed by atoms with Crippen LogP contribution in [0.3, 0.4) is 0 Å². The standard InChI is InChI=1S/C18H14Cl2N2O3/c1-11(18(24)22-16-5-3-2-4-13(16)10-21)25-17(23)8-12-6-7-14(19)9-15(12)20/h2-7,9,11H,8H2,1H3,(H,22,24)/t11-/m1/s1. The van der Waals surface area contributed by atoms with Gasteiger partial charge in [-0.25, -0.2) is 0 Å². The van der Waals surface area contributed by atoms with Crippen molar-refractivity contribution in [1.82, 2.24) is 0 Å². The number of para-hydroxylation sites is 1. The van der Waals surface area contributed by atoms with Gasteiger partial charge in [0.1, 0.15) is 6.07 Å². The van der Waals surface area contributed by atoms with E-state index in [1.165, 1.54) is 13.0 Å². The van der Waals surface area contributed by atoms with E-state index in [-0.39, 0.29) is 6.42 Å². The predicted octanol–water partition coefficient (Wildman–Crippen LogP) is 3.98. The minimum absolute atomic E-state index is 0.0809. The third-order valence-electron chi connectivity index (χ3n) is 3.33. The number of halogens is 2. The number of benzene rings is 2. The first-order chi connectivity index (χ1) is 11.9. The van der Waals surface area contributed by atoms with Crippen LogP contribution >= 0.6 is 23.2 Å². The Balaban J connectivity index is 1.96. The number of rotatable bonds is 5. The molecule has 1 amide bonds. The number of carbonyl (C=O) groups excluding carboxylic acids is 2. The first-order valence-electron chi connectivity index (χ1n) is 7.34. The van der Waals surface area contributed by atoms with Crippen LogP contribution < -0.4 is 5.32 Å². The molecule has 128 valence electrons. The van der Waals surface area contributed by atoms with Crippen molar-refractivity contribution in [3.8, 4) is 6.07 Å². The Kier molecular flexibility index (Phi) is 6.40. The summed E-state index contributed by atoms with van der Waals surface area (Å²) in [7, 11) is 0. The summed E-state index contributed by atoms with van der Waals surface area (Å²) < 4.78 is 5.12. The Hall–Kier alpha value is -2.55. The maximum absolute atomic E-state index is 12.1. The van der Waals surface area contributed by atoms with Crippen LogP contribution in [0.1, 0.15) is 18.1 Å². The summed E-state index contributed by atoms with van der Waals surface area (Å²) >= 11 is 11.8. The number of esters is 1. The lowest BCUT2D eigenvalue weighted by Crippen LogP contribution is -2.30. The molecule has 0 aromatic heterocycles. The average molecular weight is 377 g/mol. The number of nitrogens with one attached hydrogen (secondary N) is 1. The zero-order valence-corrected chi connectivity index (χ0v) is 14.8. The molecule has 1 atom stereocenters. The summed E-state index contributed by atoms with van der Waals surface area (Å²) in [5.74, 6) is -1.13. The molecule has 0 fully saturated rings. The quantitative estimate of drug-likeness (QED) is 0.800. The van der Waals surface area contributed by atoms with Crippen molar-refractivity contribution < 1.29 is 14.3 Å². The number of nitrogens with zero attached hydrogens (tertiary/aromatic N) is 1. The van der Waals surface area contributed by atoms with E-state index in [1.54, 1.807) is 36.4 Å². The average Bonchev–Trinajstić information content (AvgIpc) is 2.57. The van der Waals surface area contributed by atoms with Crippen molar-refractivity contribution in [3.05, 3.63) is 63.6 Å². The van der Waals surface area contributed by atoms with Crippen molar-refractivity contribution in [2.45, 2.75) is 19.4 Å². The maximum Gasteiger partial charge on any atom is 0.311 e. The molecule has 2 aromatic carbocycles. The molecule has 2 rings (SSSR count). The Labute approximate surface area is 155 Å². The van der Waals surface area contributed by atoms with Gasteiger partial charge < -0.3 is 10.1 Å². The minimum atomic E-state index is -1.02. The van der Waals surface area contributed by atoms with E-state index < -0.39 is 18.0 Å². The zero-order chi connectivity index (χ0) is 18.4. The fraction of sp³-hybridized carbons (Fsp3) is 0.167. The van der Waals surface area contributed by atoms with Crippen molar-refractivity contribution >= 4 is 40.8 Å². The molecule has 1 N–H and O–H groups in total. The highest BCUT2D eigenvalue weighted by Crippen LogP contribution is 2.22. The molecular weight excluding hydrogens is 363 g/mol. The third kappa shape index (κ3) is 5.21. The lowest BCUT2D eigenvalue weighted by Gasteiger charge is -2.14. The van der Waals surface area contributed by atoms with Gasteiger partial charge in [-0.1, -0.05) is 41.4 Å². The van der Waals surface area contributed by atoms with Gasteiger partial charge in [0.05, 0.1) is 17.7 Å². The number of anilines is 1. The van der Waals surface area contributed by atoms with Gasteiger partial charge in [0, 0.05) is 10.0 Å². The topological polar surface area (TPSA) is 79.2 Å². The molecular formula is C18H14Cl2N2O3. The molecule has 0 saturated carbocycles. The molecule has 2 aromatic rings. The van der Waals surface area contributed by atoms with Crippen LogP contribution in [-0.2, 0) is 20.7 Å². The predicted molar refractivity (Wildman–Crippen MR) is 95.5 cm³/mol. The van der Waals surface area contributed by atoms with Crippen molar-refractivity contribution in [3.63, 3.8) is 0 Å². The van der Waals surface area contributed by atoms with Gasteiger partial charge in [0.15, 0.2) is 6.10 Å². The van der Waals surface area contributed by atoms with Crippen LogP contribution in [0.15, 0.2) is 42.5 Å². The van der Waals surface area contributed by atoms with Crippen LogP contribution in [0, 0.1) is 11.3 Å². The molecule has 0 aliphatic heterocycles. The van der Waals surface area contributed by atoms with Crippen molar-refractivity contribution in [2.24, 2.45) is 0 Å². The van der Waals surface area contributed by atoms with Gasteiger partial charge in [-0.2, -0.15) is 5.26 Å². The maximum atomic E-state index is 12.1. The first-order valence-corrected chi connectivity index (χ1v) is 8.09. The summed E-state index contributed by atoms with van der Waals surface area (Å²) in [5.41, 5.74) is 1.24. The number of ether oxygens (including phenoxy) is 1. The van der Waals surface area contributed by atoms with Gasteiger partial charge in [0.2, 0.25) is 0 Å². The van der Waals surface area contributed by atoms with Gasteiger partial charge in [0.25, 0.3) is 5.91 Å². The fourth-order valence-electron chi connectivity index (χ4n) is 2.04. The summed E-state index contributed by atoms with van der Waals surface area (Å²) in [4.78, 5) is 24.1. The summed E-state index contributed by atoms with van der Waals surface area (Å²) in [6.45, 7) is 1.45. The Morgan fingerprint density at radius 3 is 2.64 bits per heavy atom. The van der Waals surface area contributed by atoms with Crippen LogP contribution in [0.25, 0.3) is 0 Å². The number of nitriles is 1. The van der Waals surface area contributed by atoms with E-state index in [0.717, 1.165) is 0 Å². The summed E-state index contributed by atoms with van der Waals surface area (Å²) in [6.07, 6.45) is -1.10. The summed E-state index contributed by atoms with van der Waals surface area (Å²) in [6, 6.07) is 13.3. The third-order valence-corrected chi connectivity index (χ3v) is 3.92. The molecule has 0 saturated heterocycles. The van der Waals surface area contributed by atoms with Gasteiger partial charge in [-0.3, -0.25) is 9.59 Å². The SMILES string of the molecule is C[C@@H](OC(=O)Cc1ccc(Cl)cc1Cl)C(=O)Nc1ccccc1C#N. The second-order valence-electron chi connectivity index (χ2n) is 5.19. The van der Waals surface area contributed by atoms with Crippen molar-refractivity contribution in [1.29, 1.82) is 5.26 Å². The molecule has 5 nitrogen and oxygen atoms in total. The van der Waals surface area contributed by atoms with Gasteiger partial charge in [-0.05, 0) is 36.8 Å². The fourth-order valence-corrected chi connectivity index (χ4v) is 2.51. The molecule has 0 aliphatic carbocycles. The molecule has 0 unspecified atom stereocenters. The van der Waals surface area contributed by atoms with Crippen molar-refractivity contribution in [2.75, 3.05) is 5.32 Å². The van der Waals surface area contributed by atoms with Crippen LogP contribution in [0.4, 0.5) is 5.69 Å². The highest BCUT2D eigenvalue weighted by molar-refractivity contribution is 6.35. The second-order valence-corrected chi connectivity index (χ2v) is 6.03. The Morgan fingerprint density at radius 1 is 1.24 bits per heavy atom. The number of hydrogen-bond donors (Lipinski definition) is 1. The molecule has 0 radical (unpaired) electrons. The molecule has 0 bridgehead atoms. The molecule has 0 spiro atoms. The van der Waals surface area contributed by atoms with E-state index in [9.17, 15) is 9.59 Å². The smallest absolute Gasteiger partial charge is 0.311 e. The zero-order valence-electron chi connectivity index (χ0n) is 13.3.